The molecule has 2 heterocycles. The number of aromatic amines is 1. The predicted molar refractivity (Wildman–Crippen MR) is 104 cm³/mol. The third-order valence-corrected chi connectivity index (χ3v) is 5.54. The summed E-state index contributed by atoms with van der Waals surface area (Å²) < 4.78 is 80.2. The summed E-state index contributed by atoms with van der Waals surface area (Å²) in [6, 6.07) is 3.72. The Bertz CT molecular complexity index is 1110. The molecular weight excluding hydrogens is 438 g/mol. The fourth-order valence-corrected chi connectivity index (χ4v) is 3.77. The molecule has 1 atom stereocenters. The molecule has 1 aliphatic carbocycles. The average Bonchev–Trinajstić information content (AvgIpc) is 3.45. The van der Waals surface area contributed by atoms with Gasteiger partial charge in [-0.1, -0.05) is 12.1 Å². The Kier molecular flexibility index (Phi) is 5.42. The van der Waals surface area contributed by atoms with Crippen molar-refractivity contribution >= 4 is 11.5 Å². The quantitative estimate of drug-likeness (QED) is 0.637. The molecule has 0 spiro atoms. The zero-order valence-electron chi connectivity index (χ0n) is 16.5. The summed E-state index contributed by atoms with van der Waals surface area (Å²) in [6.07, 6.45) is -6.41. The second-order valence-electron chi connectivity index (χ2n) is 8.02. The van der Waals surface area contributed by atoms with E-state index >= 15 is 0 Å². The number of benzene rings is 1. The molecule has 2 aromatic rings. The van der Waals surface area contributed by atoms with Gasteiger partial charge in [0.2, 0.25) is 5.91 Å². The van der Waals surface area contributed by atoms with Crippen molar-refractivity contribution in [1.29, 1.82) is 0 Å². The van der Waals surface area contributed by atoms with Crippen LogP contribution in [0, 0.1) is 0 Å². The summed E-state index contributed by atoms with van der Waals surface area (Å²) in [5.74, 6) is -0.164. The van der Waals surface area contributed by atoms with Crippen molar-refractivity contribution in [2.75, 3.05) is 0 Å². The molecule has 1 aliphatic heterocycles. The maximum Gasteiger partial charge on any atom is 0.416 e. The van der Waals surface area contributed by atoms with Gasteiger partial charge in [0.1, 0.15) is 0 Å². The Morgan fingerprint density at radius 1 is 0.906 bits per heavy atom. The number of pyridine rings is 1. The van der Waals surface area contributed by atoms with Crippen LogP contribution in [0.15, 0.2) is 41.2 Å². The third kappa shape index (κ3) is 4.73. The van der Waals surface area contributed by atoms with Crippen LogP contribution in [0.1, 0.15) is 59.5 Å². The molecule has 0 radical (unpaired) electrons. The van der Waals surface area contributed by atoms with E-state index in [4.69, 9.17) is 0 Å². The Hall–Kier alpha value is -3.04. The highest BCUT2D eigenvalue weighted by Crippen LogP contribution is 2.40. The van der Waals surface area contributed by atoms with Crippen molar-refractivity contribution in [2.45, 2.75) is 50.0 Å². The number of nitrogens with one attached hydrogen (secondary N) is 2. The van der Waals surface area contributed by atoms with Crippen LogP contribution in [0.3, 0.4) is 0 Å². The summed E-state index contributed by atoms with van der Waals surface area (Å²) in [5, 5.41) is 2.62. The lowest BCUT2D eigenvalue weighted by molar-refractivity contribution is -0.143. The van der Waals surface area contributed by atoms with Gasteiger partial charge in [0.15, 0.2) is 0 Å². The number of carbonyl (C=O) groups is 1. The fourth-order valence-electron chi connectivity index (χ4n) is 3.77. The molecule has 2 aliphatic rings. The van der Waals surface area contributed by atoms with Crippen molar-refractivity contribution in [1.82, 2.24) is 10.3 Å². The van der Waals surface area contributed by atoms with Crippen LogP contribution in [0.5, 0.6) is 0 Å². The van der Waals surface area contributed by atoms with E-state index in [-0.39, 0.29) is 41.1 Å². The topological polar surface area (TPSA) is 62.0 Å². The number of rotatable bonds is 4. The Morgan fingerprint density at radius 2 is 1.53 bits per heavy atom. The molecule has 10 heteroatoms. The van der Waals surface area contributed by atoms with Crippen molar-refractivity contribution in [3.8, 4) is 0 Å². The second-order valence-corrected chi connectivity index (χ2v) is 8.02. The fraction of sp³-hybridized carbons (Fsp3) is 0.364. The first-order valence-electron chi connectivity index (χ1n) is 9.96. The Labute approximate surface area is 178 Å². The number of halogens is 6. The smallest absolute Gasteiger partial charge is 0.350 e. The molecule has 4 nitrogen and oxygen atoms in total. The van der Waals surface area contributed by atoms with Gasteiger partial charge < -0.3 is 10.3 Å². The minimum Gasteiger partial charge on any atom is -0.350 e. The zero-order chi connectivity index (χ0) is 23.3. The molecule has 1 amide bonds. The lowest BCUT2D eigenvalue weighted by Crippen LogP contribution is -2.24. The molecule has 2 fully saturated rings. The van der Waals surface area contributed by atoms with Gasteiger partial charge >= 0.3 is 12.4 Å². The van der Waals surface area contributed by atoms with Crippen molar-refractivity contribution in [3.05, 3.63) is 74.7 Å². The van der Waals surface area contributed by atoms with Crippen LogP contribution >= 0.6 is 0 Å². The predicted octanol–water partition coefficient (Wildman–Crippen LogP) is 5.00. The SMILES string of the molecule is O=C1CCC(/C=C(\c2cc(C(F)(F)F)cc(C(F)(F)F)c2)c2ccc(C3CC3)c(=O)[nH]2)N1. The lowest BCUT2D eigenvalue weighted by Gasteiger charge is -2.17. The monoisotopic (exact) mass is 456 g/mol. The number of hydrogen-bond acceptors (Lipinski definition) is 2. The zero-order valence-corrected chi connectivity index (χ0v) is 16.5. The first-order chi connectivity index (χ1) is 14.9. The number of hydrogen-bond donors (Lipinski definition) is 2. The van der Waals surface area contributed by atoms with E-state index in [1.807, 2.05) is 0 Å². The highest BCUT2D eigenvalue weighted by molar-refractivity contribution is 5.82. The first-order valence-corrected chi connectivity index (χ1v) is 9.96. The highest BCUT2D eigenvalue weighted by Gasteiger charge is 2.37. The number of amides is 1. The summed E-state index contributed by atoms with van der Waals surface area (Å²) in [7, 11) is 0. The van der Waals surface area contributed by atoms with E-state index < -0.39 is 35.1 Å². The van der Waals surface area contributed by atoms with Gasteiger partial charge in [-0.2, -0.15) is 26.3 Å². The van der Waals surface area contributed by atoms with Crippen LogP contribution in [0.2, 0.25) is 0 Å². The summed E-state index contributed by atoms with van der Waals surface area (Å²) in [6.45, 7) is 0. The third-order valence-electron chi connectivity index (χ3n) is 5.54. The summed E-state index contributed by atoms with van der Waals surface area (Å²) in [4.78, 5) is 26.6. The van der Waals surface area contributed by atoms with E-state index in [0.717, 1.165) is 12.8 Å². The van der Waals surface area contributed by atoms with Crippen LogP contribution in [-0.2, 0) is 17.1 Å². The Morgan fingerprint density at radius 3 is 2.00 bits per heavy atom. The number of aromatic nitrogens is 1. The van der Waals surface area contributed by atoms with Gasteiger partial charge in [0.25, 0.3) is 5.56 Å². The van der Waals surface area contributed by atoms with Gasteiger partial charge in [-0.25, -0.2) is 0 Å². The van der Waals surface area contributed by atoms with Crippen molar-refractivity contribution < 1.29 is 31.1 Å². The van der Waals surface area contributed by atoms with Crippen LogP contribution in [0.4, 0.5) is 26.3 Å². The van der Waals surface area contributed by atoms with Gasteiger partial charge in [0.05, 0.1) is 11.1 Å². The van der Waals surface area contributed by atoms with E-state index in [1.54, 1.807) is 6.07 Å². The molecule has 1 aromatic carbocycles. The molecule has 4 rings (SSSR count). The maximum atomic E-state index is 13.4. The van der Waals surface area contributed by atoms with Crippen LogP contribution < -0.4 is 10.9 Å². The average molecular weight is 456 g/mol. The minimum atomic E-state index is -5.01. The number of H-pyrrole nitrogens is 1. The minimum absolute atomic E-state index is 0.0201. The van der Waals surface area contributed by atoms with Gasteiger partial charge in [-0.05, 0) is 55.0 Å². The number of carbonyl (C=O) groups excluding carboxylic acids is 1. The van der Waals surface area contributed by atoms with E-state index in [9.17, 15) is 35.9 Å². The largest absolute Gasteiger partial charge is 0.416 e. The molecule has 1 unspecified atom stereocenters. The van der Waals surface area contributed by atoms with E-state index in [0.29, 0.717) is 24.1 Å². The van der Waals surface area contributed by atoms with Crippen molar-refractivity contribution in [3.63, 3.8) is 0 Å². The normalized spacial score (nSPS) is 19.9. The first kappa shape index (κ1) is 22.2. The van der Waals surface area contributed by atoms with E-state index in [2.05, 4.69) is 10.3 Å². The van der Waals surface area contributed by atoms with Gasteiger partial charge in [-0.3, -0.25) is 9.59 Å². The van der Waals surface area contributed by atoms with Crippen LogP contribution in [0.25, 0.3) is 5.57 Å². The number of alkyl halides is 6. The molecule has 1 saturated heterocycles. The van der Waals surface area contributed by atoms with Gasteiger partial charge in [0, 0.05) is 29.3 Å². The highest BCUT2D eigenvalue weighted by atomic mass is 19.4. The Balaban J connectivity index is 1.88. The van der Waals surface area contributed by atoms with Crippen molar-refractivity contribution in [2.24, 2.45) is 0 Å². The molecule has 1 saturated carbocycles. The molecule has 32 heavy (non-hydrogen) atoms. The molecule has 0 bridgehead atoms. The second kappa shape index (κ2) is 7.83. The summed E-state index contributed by atoms with van der Waals surface area (Å²) in [5.41, 5.74) is -3.12. The standard InChI is InChI=1S/C22H18F6N2O2/c23-21(24,25)13-7-12(8-14(9-13)22(26,27)28)17(10-15-3-6-19(31)29-15)18-5-4-16(11-1-2-11)20(32)30-18/h4-5,7-11,15H,1-3,6H2,(H,29,31)(H,30,32)/b17-10+. The molecule has 2 N–H and O–H groups in total. The maximum absolute atomic E-state index is 13.4. The molecule has 1 aromatic heterocycles. The lowest BCUT2D eigenvalue weighted by atomic mass is 9.94. The molecule has 170 valence electrons. The van der Waals surface area contributed by atoms with E-state index in [1.165, 1.54) is 12.1 Å². The van der Waals surface area contributed by atoms with Gasteiger partial charge in [-0.15, -0.1) is 0 Å². The summed E-state index contributed by atoms with van der Waals surface area (Å²) >= 11 is 0. The molecular formula is C22H18F6N2O2. The van der Waals surface area contributed by atoms with Crippen LogP contribution in [-0.4, -0.2) is 16.9 Å².